The maximum Gasteiger partial charge on any atom is 0.239 e. The van der Waals surface area contributed by atoms with E-state index in [0.717, 1.165) is 31.0 Å². The van der Waals surface area contributed by atoms with Crippen LogP contribution in [0.25, 0.3) is 0 Å². The maximum atomic E-state index is 11.7. The van der Waals surface area contributed by atoms with Gasteiger partial charge in [-0.15, -0.1) is 0 Å². The first-order valence-corrected chi connectivity index (χ1v) is 6.92. The number of amides is 1. The van der Waals surface area contributed by atoms with Crippen LogP contribution in [0.3, 0.4) is 0 Å². The van der Waals surface area contributed by atoms with E-state index in [1.165, 1.54) is 0 Å². The molecule has 0 spiro atoms. The van der Waals surface area contributed by atoms with Crippen molar-refractivity contribution in [3.05, 3.63) is 18.3 Å². The summed E-state index contributed by atoms with van der Waals surface area (Å²) in [6, 6.07) is 3.91. The molecule has 0 saturated heterocycles. The number of rotatable bonds is 8. The second-order valence-electron chi connectivity index (χ2n) is 4.29. The Kier molecular flexibility index (Phi) is 6.71. The Hall–Kier alpha value is -1.78. The fourth-order valence-corrected chi connectivity index (χ4v) is 1.78. The zero-order valence-electron chi connectivity index (χ0n) is 12.1. The normalized spacial score (nSPS) is 10.1. The average molecular weight is 264 g/mol. The van der Waals surface area contributed by atoms with E-state index in [4.69, 9.17) is 0 Å². The van der Waals surface area contributed by atoms with Gasteiger partial charge in [-0.05, 0) is 26.3 Å². The SMILES string of the molecule is CCCNc1cc(N(CC)CC(=O)NCC)ccn1. The van der Waals surface area contributed by atoms with Gasteiger partial charge in [0.2, 0.25) is 5.91 Å². The fourth-order valence-electron chi connectivity index (χ4n) is 1.78. The molecule has 0 radical (unpaired) electrons. The highest BCUT2D eigenvalue weighted by atomic mass is 16.2. The standard InChI is InChI=1S/C14H24N4O/c1-4-8-16-13-10-12(7-9-17-13)18(6-3)11-14(19)15-5-2/h7,9-10H,4-6,8,11H2,1-3H3,(H,15,19)(H,16,17). The van der Waals surface area contributed by atoms with Gasteiger partial charge in [-0.25, -0.2) is 4.98 Å². The van der Waals surface area contributed by atoms with Gasteiger partial charge in [0.1, 0.15) is 5.82 Å². The summed E-state index contributed by atoms with van der Waals surface area (Å²) < 4.78 is 0. The molecule has 19 heavy (non-hydrogen) atoms. The number of carbonyl (C=O) groups is 1. The van der Waals surface area contributed by atoms with E-state index in [9.17, 15) is 4.79 Å². The number of hydrogen-bond donors (Lipinski definition) is 2. The molecular formula is C14H24N4O. The molecule has 1 rings (SSSR count). The van der Waals surface area contributed by atoms with Crippen molar-refractivity contribution in [3.63, 3.8) is 0 Å². The maximum absolute atomic E-state index is 11.7. The summed E-state index contributed by atoms with van der Waals surface area (Å²) in [7, 11) is 0. The minimum atomic E-state index is 0.0456. The van der Waals surface area contributed by atoms with Crippen LogP contribution in [0, 0.1) is 0 Å². The molecule has 0 aliphatic carbocycles. The first kappa shape index (κ1) is 15.3. The van der Waals surface area contributed by atoms with Gasteiger partial charge in [0.15, 0.2) is 0 Å². The van der Waals surface area contributed by atoms with Crippen molar-refractivity contribution in [2.45, 2.75) is 27.2 Å². The molecule has 0 atom stereocenters. The predicted octanol–water partition coefficient (Wildman–Crippen LogP) is 1.87. The number of nitrogens with one attached hydrogen (secondary N) is 2. The molecule has 5 nitrogen and oxygen atoms in total. The highest BCUT2D eigenvalue weighted by molar-refractivity contribution is 5.81. The summed E-state index contributed by atoms with van der Waals surface area (Å²) >= 11 is 0. The van der Waals surface area contributed by atoms with E-state index in [-0.39, 0.29) is 5.91 Å². The third-order valence-electron chi connectivity index (χ3n) is 2.75. The van der Waals surface area contributed by atoms with Crippen molar-refractivity contribution in [3.8, 4) is 0 Å². The first-order valence-electron chi connectivity index (χ1n) is 6.92. The summed E-state index contributed by atoms with van der Waals surface area (Å²) in [6.07, 6.45) is 2.83. The fraction of sp³-hybridized carbons (Fsp3) is 0.571. The molecule has 0 aromatic carbocycles. The van der Waals surface area contributed by atoms with Gasteiger partial charge >= 0.3 is 0 Å². The Morgan fingerprint density at radius 3 is 2.79 bits per heavy atom. The zero-order chi connectivity index (χ0) is 14.1. The van der Waals surface area contributed by atoms with Crippen LogP contribution < -0.4 is 15.5 Å². The van der Waals surface area contributed by atoms with Gasteiger partial charge in [-0.1, -0.05) is 6.92 Å². The minimum Gasteiger partial charge on any atom is -0.370 e. The largest absolute Gasteiger partial charge is 0.370 e. The smallest absolute Gasteiger partial charge is 0.239 e. The monoisotopic (exact) mass is 264 g/mol. The molecule has 106 valence electrons. The Bertz CT molecular complexity index is 395. The number of anilines is 2. The molecule has 0 bridgehead atoms. The number of pyridine rings is 1. The van der Waals surface area contributed by atoms with Gasteiger partial charge in [0.05, 0.1) is 6.54 Å². The molecule has 1 amide bonds. The molecule has 1 aromatic heterocycles. The van der Waals surface area contributed by atoms with E-state index in [1.807, 2.05) is 30.9 Å². The summed E-state index contributed by atoms with van der Waals surface area (Å²) in [5.74, 6) is 0.901. The topological polar surface area (TPSA) is 57.3 Å². The average Bonchev–Trinajstić information content (AvgIpc) is 2.43. The van der Waals surface area contributed by atoms with Crippen LogP contribution in [-0.2, 0) is 4.79 Å². The summed E-state index contributed by atoms with van der Waals surface area (Å²) in [5, 5.41) is 6.07. The van der Waals surface area contributed by atoms with E-state index in [0.29, 0.717) is 13.1 Å². The Morgan fingerprint density at radius 1 is 1.37 bits per heavy atom. The van der Waals surface area contributed by atoms with Crippen molar-refractivity contribution in [2.75, 3.05) is 36.4 Å². The Balaban J connectivity index is 2.71. The lowest BCUT2D eigenvalue weighted by Crippen LogP contribution is -2.37. The van der Waals surface area contributed by atoms with Crippen LogP contribution in [0.4, 0.5) is 11.5 Å². The second kappa shape index (κ2) is 8.34. The quantitative estimate of drug-likeness (QED) is 0.752. The third kappa shape index (κ3) is 5.16. The van der Waals surface area contributed by atoms with Crippen LogP contribution in [0.2, 0.25) is 0 Å². The zero-order valence-corrected chi connectivity index (χ0v) is 12.1. The van der Waals surface area contributed by atoms with Crippen LogP contribution >= 0.6 is 0 Å². The lowest BCUT2D eigenvalue weighted by atomic mass is 10.3. The number of aromatic nitrogens is 1. The molecular weight excluding hydrogens is 240 g/mol. The predicted molar refractivity (Wildman–Crippen MR) is 79.6 cm³/mol. The van der Waals surface area contributed by atoms with Crippen LogP contribution in [0.1, 0.15) is 27.2 Å². The number of hydrogen-bond acceptors (Lipinski definition) is 4. The van der Waals surface area contributed by atoms with Gasteiger partial charge in [0, 0.05) is 37.6 Å². The van der Waals surface area contributed by atoms with Crippen LogP contribution in [-0.4, -0.2) is 37.1 Å². The molecule has 0 saturated carbocycles. The molecule has 2 N–H and O–H groups in total. The Morgan fingerprint density at radius 2 is 2.16 bits per heavy atom. The summed E-state index contributed by atoms with van der Waals surface area (Å²) in [4.78, 5) is 18.0. The first-order chi connectivity index (χ1) is 9.21. The minimum absolute atomic E-state index is 0.0456. The van der Waals surface area contributed by atoms with Crippen molar-refractivity contribution >= 4 is 17.4 Å². The van der Waals surface area contributed by atoms with E-state index < -0.39 is 0 Å². The van der Waals surface area contributed by atoms with Gasteiger partial charge < -0.3 is 15.5 Å². The van der Waals surface area contributed by atoms with Crippen LogP contribution in [0.5, 0.6) is 0 Å². The molecule has 0 unspecified atom stereocenters. The molecule has 1 aromatic rings. The van der Waals surface area contributed by atoms with Crippen molar-refractivity contribution < 1.29 is 4.79 Å². The van der Waals surface area contributed by atoms with Crippen molar-refractivity contribution in [1.82, 2.24) is 10.3 Å². The van der Waals surface area contributed by atoms with Gasteiger partial charge in [-0.3, -0.25) is 4.79 Å². The highest BCUT2D eigenvalue weighted by Crippen LogP contribution is 2.16. The number of carbonyl (C=O) groups excluding carboxylic acids is 1. The molecule has 5 heteroatoms. The molecule has 0 aliphatic heterocycles. The number of nitrogens with zero attached hydrogens (tertiary/aromatic N) is 2. The molecule has 0 aliphatic rings. The highest BCUT2D eigenvalue weighted by Gasteiger charge is 2.09. The number of likely N-dealkylation sites (N-methyl/N-ethyl adjacent to an activating group) is 2. The third-order valence-corrected chi connectivity index (χ3v) is 2.75. The lowest BCUT2D eigenvalue weighted by molar-refractivity contribution is -0.119. The van der Waals surface area contributed by atoms with Crippen molar-refractivity contribution in [1.29, 1.82) is 0 Å². The van der Waals surface area contributed by atoms with E-state index in [1.54, 1.807) is 6.20 Å². The summed E-state index contributed by atoms with van der Waals surface area (Å²) in [6.45, 7) is 8.81. The van der Waals surface area contributed by atoms with Gasteiger partial charge in [-0.2, -0.15) is 0 Å². The Labute approximate surface area is 115 Å². The van der Waals surface area contributed by atoms with Gasteiger partial charge in [0.25, 0.3) is 0 Å². The van der Waals surface area contributed by atoms with E-state index in [2.05, 4.69) is 22.5 Å². The summed E-state index contributed by atoms with van der Waals surface area (Å²) in [5.41, 5.74) is 1.02. The molecule has 1 heterocycles. The molecule has 0 fully saturated rings. The van der Waals surface area contributed by atoms with Crippen molar-refractivity contribution in [2.24, 2.45) is 0 Å². The second-order valence-corrected chi connectivity index (χ2v) is 4.29. The van der Waals surface area contributed by atoms with Crippen LogP contribution in [0.15, 0.2) is 18.3 Å². The lowest BCUT2D eigenvalue weighted by Gasteiger charge is -2.22. The van der Waals surface area contributed by atoms with E-state index >= 15 is 0 Å².